The molecule has 228 valence electrons. The molecule has 8 heteroatoms. The summed E-state index contributed by atoms with van der Waals surface area (Å²) in [5.41, 5.74) is 22.4. The van der Waals surface area contributed by atoms with Crippen LogP contribution in [0.25, 0.3) is 44.5 Å². The number of rotatable bonds is 4. The molecule has 0 bridgehead atoms. The summed E-state index contributed by atoms with van der Waals surface area (Å²) >= 11 is 0. The van der Waals surface area contributed by atoms with Crippen LogP contribution in [0.5, 0.6) is 0 Å². The lowest BCUT2D eigenvalue weighted by Crippen LogP contribution is -2.04. The molecule has 6 rings (SSSR count). The zero-order valence-electron chi connectivity index (χ0n) is 26.2. The van der Waals surface area contributed by atoms with Gasteiger partial charge in [-0.25, -0.2) is 0 Å². The fourth-order valence-corrected chi connectivity index (χ4v) is 5.94. The van der Waals surface area contributed by atoms with Gasteiger partial charge in [-0.2, -0.15) is 21.0 Å². The second kappa shape index (κ2) is 14.2. The SMILES string of the molecule is Cc1c(-c2ccccc2)c(C#N)c(N)c(C#N)c1-c1ccncc1.Cc1c(-c2ccccc2)c(C#N)c(N)c(C#N)c1-c1ccncc1. The van der Waals surface area contributed by atoms with Gasteiger partial charge in [-0.05, 0) is 71.5 Å². The number of nitriles is 4. The van der Waals surface area contributed by atoms with E-state index in [-0.39, 0.29) is 11.4 Å². The third kappa shape index (κ3) is 5.90. The Bertz CT molecular complexity index is 1970. The van der Waals surface area contributed by atoms with Crippen molar-refractivity contribution < 1.29 is 0 Å². The van der Waals surface area contributed by atoms with Crippen LogP contribution < -0.4 is 11.5 Å². The van der Waals surface area contributed by atoms with Crippen LogP contribution in [0.2, 0.25) is 0 Å². The summed E-state index contributed by atoms with van der Waals surface area (Å²) in [4.78, 5) is 8.05. The molecule has 0 aliphatic carbocycles. The van der Waals surface area contributed by atoms with Crippen molar-refractivity contribution in [1.29, 1.82) is 21.0 Å². The van der Waals surface area contributed by atoms with E-state index in [2.05, 4.69) is 34.2 Å². The van der Waals surface area contributed by atoms with Crippen molar-refractivity contribution in [3.8, 4) is 68.8 Å². The highest BCUT2D eigenvalue weighted by molar-refractivity contribution is 5.93. The lowest BCUT2D eigenvalue weighted by molar-refractivity contribution is 1.32. The first-order chi connectivity index (χ1) is 23.4. The number of anilines is 2. The number of nitrogen functional groups attached to an aromatic ring is 2. The van der Waals surface area contributed by atoms with Crippen LogP contribution in [0.4, 0.5) is 11.4 Å². The minimum absolute atomic E-state index is 0.219. The van der Waals surface area contributed by atoms with Gasteiger partial charge in [-0.3, -0.25) is 9.97 Å². The first-order valence-electron chi connectivity index (χ1n) is 14.8. The van der Waals surface area contributed by atoms with Gasteiger partial charge in [-0.15, -0.1) is 0 Å². The number of hydrogen-bond acceptors (Lipinski definition) is 8. The van der Waals surface area contributed by atoms with Gasteiger partial charge < -0.3 is 11.5 Å². The molecule has 6 aromatic rings. The Morgan fingerprint density at radius 2 is 0.667 bits per heavy atom. The number of aromatic nitrogens is 2. The largest absolute Gasteiger partial charge is 0.397 e. The molecule has 48 heavy (non-hydrogen) atoms. The Labute approximate surface area is 279 Å². The van der Waals surface area contributed by atoms with E-state index in [1.165, 1.54) is 0 Å². The van der Waals surface area contributed by atoms with Gasteiger partial charge in [0.05, 0.1) is 33.6 Å². The second-order valence-corrected chi connectivity index (χ2v) is 10.7. The number of nitrogens with two attached hydrogens (primary N) is 2. The summed E-state index contributed by atoms with van der Waals surface area (Å²) in [5, 5.41) is 38.5. The average molecular weight is 621 g/mol. The molecular weight excluding hydrogens is 592 g/mol. The van der Waals surface area contributed by atoms with E-state index in [1.807, 2.05) is 98.8 Å². The molecule has 0 fully saturated rings. The summed E-state index contributed by atoms with van der Waals surface area (Å²) < 4.78 is 0. The van der Waals surface area contributed by atoms with E-state index < -0.39 is 0 Å². The lowest BCUT2D eigenvalue weighted by atomic mass is 9.85. The number of hydrogen-bond donors (Lipinski definition) is 2. The molecule has 2 heterocycles. The molecule has 4 N–H and O–H groups in total. The van der Waals surface area contributed by atoms with Gasteiger partial charge in [-0.1, -0.05) is 60.7 Å². The average Bonchev–Trinajstić information content (AvgIpc) is 3.14. The first-order valence-corrected chi connectivity index (χ1v) is 14.8. The highest BCUT2D eigenvalue weighted by atomic mass is 14.6. The van der Waals surface area contributed by atoms with Crippen molar-refractivity contribution in [3.63, 3.8) is 0 Å². The van der Waals surface area contributed by atoms with Crippen LogP contribution in [0.3, 0.4) is 0 Å². The van der Waals surface area contributed by atoms with Crippen molar-refractivity contribution in [2.24, 2.45) is 0 Å². The third-order valence-corrected chi connectivity index (χ3v) is 8.09. The van der Waals surface area contributed by atoms with E-state index in [0.29, 0.717) is 22.3 Å². The van der Waals surface area contributed by atoms with Crippen molar-refractivity contribution >= 4 is 11.4 Å². The summed E-state index contributed by atoms with van der Waals surface area (Å²) in [5.74, 6) is 0. The van der Waals surface area contributed by atoms with Crippen LogP contribution in [0, 0.1) is 59.2 Å². The van der Waals surface area contributed by atoms with Crippen molar-refractivity contribution in [2.45, 2.75) is 13.8 Å². The summed E-state index contributed by atoms with van der Waals surface area (Å²) in [6.07, 6.45) is 6.69. The van der Waals surface area contributed by atoms with Gasteiger partial charge in [0.15, 0.2) is 0 Å². The molecule has 0 radical (unpaired) electrons. The Balaban J connectivity index is 0.000000188. The Morgan fingerprint density at radius 1 is 0.417 bits per heavy atom. The lowest BCUT2D eigenvalue weighted by Gasteiger charge is -2.18. The van der Waals surface area contributed by atoms with E-state index in [1.54, 1.807) is 24.8 Å². The molecule has 0 unspecified atom stereocenters. The van der Waals surface area contributed by atoms with E-state index in [4.69, 9.17) is 11.5 Å². The molecule has 0 spiro atoms. The van der Waals surface area contributed by atoms with E-state index in [9.17, 15) is 21.0 Å². The maximum absolute atomic E-state index is 9.62. The third-order valence-electron chi connectivity index (χ3n) is 8.09. The maximum atomic E-state index is 9.62. The minimum Gasteiger partial charge on any atom is -0.397 e. The van der Waals surface area contributed by atoms with Crippen molar-refractivity contribution in [2.75, 3.05) is 11.5 Å². The van der Waals surface area contributed by atoms with Crippen LogP contribution in [-0.2, 0) is 0 Å². The van der Waals surface area contributed by atoms with Crippen LogP contribution in [0.15, 0.2) is 110 Å². The van der Waals surface area contributed by atoms with Crippen molar-refractivity contribution in [1.82, 2.24) is 9.97 Å². The molecule has 4 aromatic carbocycles. The Kier molecular flexibility index (Phi) is 9.53. The predicted octanol–water partition coefficient (Wildman–Crippen LogP) is 8.10. The summed E-state index contributed by atoms with van der Waals surface area (Å²) in [6.45, 7) is 3.83. The molecule has 0 aliphatic heterocycles. The van der Waals surface area contributed by atoms with Gasteiger partial charge in [0, 0.05) is 47.0 Å². The standard InChI is InChI=1S/2C20H14N4/c2*1-13-18(14-5-3-2-4-6-14)16(11-21)20(23)17(12-22)19(13)15-7-9-24-10-8-15/h2*2-10H,23H2,1H3. The van der Waals surface area contributed by atoms with Crippen LogP contribution in [-0.4, -0.2) is 9.97 Å². The molecule has 0 saturated heterocycles. The summed E-state index contributed by atoms with van der Waals surface area (Å²) in [6, 6.07) is 35.2. The van der Waals surface area contributed by atoms with Crippen molar-refractivity contribution in [3.05, 3.63) is 143 Å². The molecule has 0 saturated carbocycles. The molecular formula is C40H28N8. The molecule has 0 aliphatic rings. The first kappa shape index (κ1) is 32.1. The quantitative estimate of drug-likeness (QED) is 0.186. The van der Waals surface area contributed by atoms with E-state index in [0.717, 1.165) is 55.6 Å². The zero-order chi connectivity index (χ0) is 34.2. The highest BCUT2D eigenvalue weighted by Crippen LogP contribution is 2.42. The maximum Gasteiger partial charge on any atom is 0.102 e. The predicted molar refractivity (Wildman–Crippen MR) is 187 cm³/mol. The number of nitrogens with zero attached hydrogens (tertiary/aromatic N) is 6. The van der Waals surface area contributed by atoms with Crippen LogP contribution >= 0.6 is 0 Å². The molecule has 8 nitrogen and oxygen atoms in total. The Morgan fingerprint density at radius 3 is 0.917 bits per heavy atom. The monoisotopic (exact) mass is 620 g/mol. The molecule has 2 aromatic heterocycles. The topological polar surface area (TPSA) is 173 Å². The van der Waals surface area contributed by atoms with E-state index >= 15 is 0 Å². The van der Waals surface area contributed by atoms with Gasteiger partial charge in [0.2, 0.25) is 0 Å². The number of pyridine rings is 2. The minimum atomic E-state index is 0.219. The molecule has 0 atom stereocenters. The second-order valence-electron chi connectivity index (χ2n) is 10.7. The summed E-state index contributed by atoms with van der Waals surface area (Å²) in [7, 11) is 0. The molecule has 0 amide bonds. The van der Waals surface area contributed by atoms with Crippen LogP contribution in [0.1, 0.15) is 33.4 Å². The fraction of sp³-hybridized carbons (Fsp3) is 0.0500. The van der Waals surface area contributed by atoms with Gasteiger partial charge in [0.25, 0.3) is 0 Å². The Hall–Kier alpha value is -7.26. The van der Waals surface area contributed by atoms with Gasteiger partial charge in [0.1, 0.15) is 24.3 Å². The number of benzene rings is 4. The fourth-order valence-electron chi connectivity index (χ4n) is 5.94. The normalized spacial score (nSPS) is 9.96. The highest BCUT2D eigenvalue weighted by Gasteiger charge is 2.23. The smallest absolute Gasteiger partial charge is 0.102 e. The zero-order valence-corrected chi connectivity index (χ0v) is 26.2. The van der Waals surface area contributed by atoms with Gasteiger partial charge >= 0.3 is 0 Å².